The molecule has 0 aliphatic carbocycles. The van der Waals surface area contributed by atoms with Crippen LogP contribution in [0.1, 0.15) is 48.5 Å². The number of methoxy groups -OCH3 is 1. The van der Waals surface area contributed by atoms with Gasteiger partial charge in [-0.3, -0.25) is 9.59 Å². The molecule has 2 amide bonds. The lowest BCUT2D eigenvalue weighted by molar-refractivity contribution is -0.925. The number of carbonyl (C=O) groups is 3. The summed E-state index contributed by atoms with van der Waals surface area (Å²) in [5, 5.41) is 2.95. The molecule has 0 saturated carbocycles. The van der Waals surface area contributed by atoms with Crippen molar-refractivity contribution in [1.29, 1.82) is 0 Å². The summed E-state index contributed by atoms with van der Waals surface area (Å²) in [4.78, 5) is 40.1. The molecule has 2 unspecified atom stereocenters. The van der Waals surface area contributed by atoms with E-state index in [1.165, 1.54) is 7.11 Å². The maximum atomic E-state index is 13.0. The fourth-order valence-electron chi connectivity index (χ4n) is 4.86. The first-order valence-corrected chi connectivity index (χ1v) is 11.0. The molecule has 3 rings (SSSR count). The molecule has 0 aromatic heterocycles. The Morgan fingerprint density at radius 3 is 2.55 bits per heavy atom. The number of likely N-dealkylation sites (N-methyl/N-ethyl adjacent to an activating group) is 1. The molecule has 7 nitrogen and oxygen atoms in total. The number of rotatable bonds is 6. The van der Waals surface area contributed by atoms with Crippen molar-refractivity contribution in [1.82, 2.24) is 4.90 Å². The smallest absolute Gasteiger partial charge is 0.339 e. The summed E-state index contributed by atoms with van der Waals surface area (Å²) in [6.07, 6.45) is 4.03. The third-order valence-electron chi connectivity index (χ3n) is 6.65. The molecule has 2 fully saturated rings. The van der Waals surface area contributed by atoms with Gasteiger partial charge >= 0.3 is 5.97 Å². The molecule has 2 atom stereocenters. The van der Waals surface area contributed by atoms with Gasteiger partial charge in [-0.15, -0.1) is 0 Å². The molecular formula is C23H34IN3O4. The van der Waals surface area contributed by atoms with E-state index in [1.807, 2.05) is 17.9 Å². The average Bonchev–Trinajstić information content (AvgIpc) is 3.29. The van der Waals surface area contributed by atoms with Crippen molar-refractivity contribution >= 4 is 23.5 Å². The standard InChI is InChI=1S/C23H33N3O4.HI/c1-4-26(14-8-10-18(15-26)22(28)25-12-5-6-13-25)16-20(27)24-21-17(2)9-7-11-19(21)23(29)30-3;/h7,9,11,18H,4-6,8,10,12-16H2,1-3H3;1H. The third-order valence-corrected chi connectivity index (χ3v) is 6.65. The zero-order valence-electron chi connectivity index (χ0n) is 18.8. The van der Waals surface area contributed by atoms with Crippen LogP contribution in [-0.2, 0) is 14.3 Å². The third kappa shape index (κ3) is 5.97. The van der Waals surface area contributed by atoms with Gasteiger partial charge in [0.1, 0.15) is 0 Å². The van der Waals surface area contributed by atoms with E-state index in [4.69, 9.17) is 4.74 Å². The highest BCUT2D eigenvalue weighted by atomic mass is 127. The predicted molar refractivity (Wildman–Crippen MR) is 115 cm³/mol. The number of benzene rings is 1. The second-order valence-electron chi connectivity index (χ2n) is 8.63. The van der Waals surface area contributed by atoms with Gasteiger partial charge in [-0.05, 0) is 51.2 Å². The van der Waals surface area contributed by atoms with Crippen molar-refractivity contribution in [3.05, 3.63) is 29.3 Å². The van der Waals surface area contributed by atoms with Crippen molar-refractivity contribution in [3.63, 3.8) is 0 Å². The van der Waals surface area contributed by atoms with E-state index in [0.29, 0.717) is 28.8 Å². The fourth-order valence-corrected chi connectivity index (χ4v) is 4.86. The zero-order valence-corrected chi connectivity index (χ0v) is 20.9. The SMILES string of the molecule is CC[N+]1(CC(=O)Nc2c(C)cccc2C(=O)OC)CCCC(C(=O)N2CCCC2)C1.[I-]. The highest BCUT2D eigenvalue weighted by Gasteiger charge is 2.40. The Morgan fingerprint density at radius 1 is 1.19 bits per heavy atom. The van der Waals surface area contributed by atoms with Crippen LogP contribution in [0.5, 0.6) is 0 Å². The molecule has 2 aliphatic rings. The van der Waals surface area contributed by atoms with Gasteiger partial charge in [-0.25, -0.2) is 4.79 Å². The van der Waals surface area contributed by atoms with Crippen molar-refractivity contribution in [2.24, 2.45) is 5.92 Å². The number of piperidine rings is 1. The quantitative estimate of drug-likeness (QED) is 0.301. The van der Waals surface area contributed by atoms with Crippen molar-refractivity contribution in [2.45, 2.75) is 39.5 Å². The number of hydrogen-bond acceptors (Lipinski definition) is 4. The number of para-hydroxylation sites is 1. The van der Waals surface area contributed by atoms with Crippen LogP contribution in [0.4, 0.5) is 5.69 Å². The maximum Gasteiger partial charge on any atom is 0.339 e. The van der Waals surface area contributed by atoms with Gasteiger partial charge in [0, 0.05) is 13.1 Å². The van der Waals surface area contributed by atoms with E-state index in [1.54, 1.807) is 12.1 Å². The number of likely N-dealkylation sites (tertiary alicyclic amines) is 2. The first kappa shape index (κ1) is 25.6. The fraction of sp³-hybridized carbons (Fsp3) is 0.609. The molecule has 0 spiro atoms. The molecular weight excluding hydrogens is 509 g/mol. The maximum absolute atomic E-state index is 13.0. The minimum absolute atomic E-state index is 0. The number of amides is 2. The largest absolute Gasteiger partial charge is 1.00 e. The van der Waals surface area contributed by atoms with E-state index < -0.39 is 5.97 Å². The summed E-state index contributed by atoms with van der Waals surface area (Å²) in [6.45, 7) is 8.38. The second kappa shape index (κ2) is 11.3. The normalized spacial score (nSPS) is 23.1. The molecule has 0 radical (unpaired) electrons. The monoisotopic (exact) mass is 543 g/mol. The molecule has 2 aliphatic heterocycles. The van der Waals surface area contributed by atoms with Crippen LogP contribution in [0.2, 0.25) is 0 Å². The number of carbonyl (C=O) groups excluding carboxylic acids is 3. The molecule has 2 heterocycles. The van der Waals surface area contributed by atoms with Gasteiger partial charge in [-0.1, -0.05) is 12.1 Å². The minimum Gasteiger partial charge on any atom is -1.00 e. The molecule has 1 aromatic rings. The number of anilines is 1. The van der Waals surface area contributed by atoms with E-state index >= 15 is 0 Å². The lowest BCUT2D eigenvalue weighted by Crippen LogP contribution is -3.00. The van der Waals surface area contributed by atoms with Gasteiger partial charge in [0.15, 0.2) is 6.54 Å². The topological polar surface area (TPSA) is 75.7 Å². The van der Waals surface area contributed by atoms with Gasteiger partial charge in [0.2, 0.25) is 5.91 Å². The zero-order chi connectivity index (χ0) is 21.7. The number of nitrogens with one attached hydrogen (secondary N) is 1. The van der Waals surface area contributed by atoms with E-state index in [9.17, 15) is 14.4 Å². The Bertz CT molecular complexity index is 810. The number of hydrogen-bond donors (Lipinski definition) is 1. The van der Waals surface area contributed by atoms with Crippen LogP contribution in [0, 0.1) is 12.8 Å². The Labute approximate surface area is 202 Å². The number of nitrogens with zero attached hydrogens (tertiary/aromatic N) is 2. The van der Waals surface area contributed by atoms with E-state index in [0.717, 1.165) is 57.4 Å². The van der Waals surface area contributed by atoms with Gasteiger partial charge in [0.05, 0.1) is 43.9 Å². The van der Waals surface area contributed by atoms with Gasteiger partial charge in [0.25, 0.3) is 5.91 Å². The van der Waals surface area contributed by atoms with Gasteiger partial charge in [-0.2, -0.15) is 0 Å². The van der Waals surface area contributed by atoms with Crippen molar-refractivity contribution in [3.8, 4) is 0 Å². The number of aryl methyl sites for hydroxylation is 1. The summed E-state index contributed by atoms with van der Waals surface area (Å²) in [6, 6.07) is 5.29. The molecule has 0 bridgehead atoms. The predicted octanol–water partition coefficient (Wildman–Crippen LogP) is -0.407. The van der Waals surface area contributed by atoms with E-state index in [2.05, 4.69) is 12.2 Å². The molecule has 172 valence electrons. The van der Waals surface area contributed by atoms with Crippen LogP contribution in [0.15, 0.2) is 18.2 Å². The molecule has 1 aromatic carbocycles. The lowest BCUT2D eigenvalue weighted by Gasteiger charge is -2.43. The van der Waals surface area contributed by atoms with Crippen LogP contribution in [-0.4, -0.2) is 73.5 Å². The number of quaternary nitrogens is 1. The lowest BCUT2D eigenvalue weighted by atomic mass is 9.94. The highest BCUT2D eigenvalue weighted by molar-refractivity contribution is 6.02. The van der Waals surface area contributed by atoms with Crippen molar-refractivity contribution < 1.29 is 47.6 Å². The molecule has 2 saturated heterocycles. The summed E-state index contributed by atoms with van der Waals surface area (Å²) >= 11 is 0. The Kier molecular flexibility index (Phi) is 9.29. The average molecular weight is 543 g/mol. The number of esters is 1. The highest BCUT2D eigenvalue weighted by Crippen LogP contribution is 2.27. The summed E-state index contributed by atoms with van der Waals surface area (Å²) < 4.78 is 5.46. The first-order valence-electron chi connectivity index (χ1n) is 11.0. The van der Waals surface area contributed by atoms with Crippen molar-refractivity contribution in [2.75, 3.05) is 51.7 Å². The van der Waals surface area contributed by atoms with E-state index in [-0.39, 0.29) is 41.7 Å². The Hall–Kier alpha value is -1.68. The second-order valence-corrected chi connectivity index (χ2v) is 8.63. The van der Waals surface area contributed by atoms with Gasteiger partial charge < -0.3 is 43.4 Å². The summed E-state index contributed by atoms with van der Waals surface area (Å²) in [5.41, 5.74) is 1.68. The summed E-state index contributed by atoms with van der Waals surface area (Å²) in [5.74, 6) is -0.350. The van der Waals surface area contributed by atoms with Crippen LogP contribution in [0.3, 0.4) is 0 Å². The number of halogens is 1. The minimum atomic E-state index is -0.470. The molecule has 8 heteroatoms. The van der Waals surface area contributed by atoms with Crippen LogP contribution >= 0.6 is 0 Å². The number of ether oxygens (including phenoxy) is 1. The Morgan fingerprint density at radius 2 is 1.90 bits per heavy atom. The molecule has 1 N–H and O–H groups in total. The van der Waals surface area contributed by atoms with Crippen LogP contribution in [0.25, 0.3) is 0 Å². The molecule has 31 heavy (non-hydrogen) atoms. The van der Waals surface area contributed by atoms with Crippen LogP contribution < -0.4 is 29.3 Å². The first-order chi connectivity index (χ1) is 14.4. The summed E-state index contributed by atoms with van der Waals surface area (Å²) in [7, 11) is 1.33. The Balaban J connectivity index is 0.00000341.